The van der Waals surface area contributed by atoms with Crippen molar-refractivity contribution in [1.29, 1.82) is 0 Å². The van der Waals surface area contributed by atoms with Crippen LogP contribution in [-0.2, 0) is 19.6 Å². The molecule has 5 aromatic rings. The number of anilines is 2. The first-order valence-electron chi connectivity index (χ1n) is 12.9. The minimum atomic E-state index is -1.08. The third kappa shape index (κ3) is 5.76. The molecule has 0 radical (unpaired) electrons. The zero-order chi connectivity index (χ0) is 31.7. The van der Waals surface area contributed by atoms with Crippen LogP contribution in [0.4, 0.5) is 15.8 Å². The summed E-state index contributed by atoms with van der Waals surface area (Å²) in [4.78, 5) is 79.8. The molecule has 0 saturated carbocycles. The monoisotopic (exact) mass is 602 g/mol. The van der Waals surface area contributed by atoms with E-state index in [-0.39, 0.29) is 59.3 Å². The number of nitrogens with two attached hydrogens (primary N) is 1. The van der Waals surface area contributed by atoms with Crippen molar-refractivity contribution in [3.8, 4) is 0 Å². The van der Waals surface area contributed by atoms with Crippen LogP contribution < -0.4 is 38.2 Å². The van der Waals surface area contributed by atoms with Crippen LogP contribution in [0.15, 0.2) is 56.8 Å². The van der Waals surface area contributed by atoms with Gasteiger partial charge in [-0.15, -0.1) is 0 Å². The Balaban J connectivity index is 1.29. The Kier molecular flexibility index (Phi) is 7.72. The third-order valence-corrected chi connectivity index (χ3v) is 6.75. The molecule has 0 aliphatic rings. The van der Waals surface area contributed by atoms with Crippen LogP contribution in [0.5, 0.6) is 0 Å². The van der Waals surface area contributed by atoms with E-state index in [0.717, 1.165) is 10.6 Å². The van der Waals surface area contributed by atoms with Crippen molar-refractivity contribution in [1.82, 2.24) is 30.2 Å². The summed E-state index contributed by atoms with van der Waals surface area (Å²) >= 11 is 0. The number of H-pyrrole nitrogens is 1. The minimum Gasteiger partial charge on any atom is -0.478 e. The van der Waals surface area contributed by atoms with E-state index in [1.165, 1.54) is 24.3 Å². The van der Waals surface area contributed by atoms with Gasteiger partial charge in [0.1, 0.15) is 28.6 Å². The maximum absolute atomic E-state index is 14.4. The van der Waals surface area contributed by atoms with Gasteiger partial charge in [0.15, 0.2) is 0 Å². The molecule has 0 atom stereocenters. The number of aromatic nitrogens is 4. The second kappa shape index (κ2) is 11.6. The largest absolute Gasteiger partial charge is 0.478 e. The average Bonchev–Trinajstić information content (AvgIpc) is 3.38. The Labute approximate surface area is 245 Å². The number of carboxylic acids is 1. The second-order valence-electron chi connectivity index (χ2n) is 9.74. The van der Waals surface area contributed by atoms with Crippen molar-refractivity contribution >= 4 is 34.9 Å². The topological polar surface area (TPSA) is 231 Å². The predicted molar refractivity (Wildman–Crippen MR) is 154 cm³/mol. The summed E-state index contributed by atoms with van der Waals surface area (Å²) < 4.78 is 15.4. The van der Waals surface area contributed by atoms with Crippen LogP contribution in [0, 0.1) is 12.7 Å². The molecular weight excluding hydrogens is 579 g/mol. The number of hydrogen-bond donors (Lipinski definition) is 6. The summed E-state index contributed by atoms with van der Waals surface area (Å²) in [5.74, 6) is -3.31. The predicted octanol–water partition coefficient (Wildman–Crippen LogP) is 0.214. The van der Waals surface area contributed by atoms with Crippen molar-refractivity contribution < 1.29 is 23.9 Å². The lowest BCUT2D eigenvalue weighted by Gasteiger charge is -2.12. The number of aryl methyl sites for hydroxylation is 1. The number of rotatable bonds is 10. The van der Waals surface area contributed by atoms with Gasteiger partial charge in [0.05, 0.1) is 5.56 Å². The van der Waals surface area contributed by atoms with E-state index in [2.05, 4.69) is 31.0 Å². The van der Waals surface area contributed by atoms with E-state index in [0.29, 0.717) is 16.7 Å². The summed E-state index contributed by atoms with van der Waals surface area (Å²) in [5.41, 5.74) is 4.27. The lowest BCUT2D eigenvalue weighted by Crippen LogP contribution is -2.37. The number of nitrogens with zero attached hydrogens (tertiary/aromatic N) is 3. The number of nitrogens with one attached hydrogen (secondary N) is 4. The number of halogens is 1. The normalized spacial score (nSPS) is 11.0. The summed E-state index contributed by atoms with van der Waals surface area (Å²) in [6, 6.07) is 9.78. The molecule has 0 spiro atoms. The number of nitrogen functional groups attached to an aromatic ring is 1. The van der Waals surface area contributed by atoms with Crippen LogP contribution in [-0.4, -0.2) is 42.5 Å². The van der Waals surface area contributed by atoms with Crippen LogP contribution >= 0.6 is 0 Å². The van der Waals surface area contributed by atoms with E-state index >= 15 is 0 Å². The summed E-state index contributed by atoms with van der Waals surface area (Å²) in [5, 5.41) is 19.5. The molecule has 0 fully saturated rings. The molecule has 2 heterocycles. The van der Waals surface area contributed by atoms with Crippen molar-refractivity contribution in [2.45, 2.75) is 26.6 Å². The number of aromatic carboxylic acids is 1. The van der Waals surface area contributed by atoms with Gasteiger partial charge >= 0.3 is 11.7 Å². The highest BCUT2D eigenvalue weighted by Gasteiger charge is 2.20. The molecule has 15 nitrogen and oxygen atoms in total. The fourth-order valence-corrected chi connectivity index (χ4v) is 4.44. The molecule has 16 heteroatoms. The molecule has 0 bridgehead atoms. The molecule has 0 aliphatic heterocycles. The number of aromatic amines is 1. The molecule has 224 valence electrons. The van der Waals surface area contributed by atoms with Gasteiger partial charge in [-0.3, -0.25) is 19.2 Å². The minimum absolute atomic E-state index is 0.0138. The number of carboxylic acid groups (broad SMARTS) is 1. The number of carbonyl (C=O) groups is 3. The Morgan fingerprint density at radius 2 is 1.61 bits per heavy atom. The van der Waals surface area contributed by atoms with E-state index in [9.17, 15) is 38.3 Å². The standard InChI is InChI=1S/C28H23FN8O7/c1-12-6-13(2-4-16(12)26(42)43)9-33-25(41)19-8-18(34-27-35-28(44)36-37(19)27)24(40)32-10-14-3-5-17(29)15(7-14)11-31-21-20(30)22(38)23(21)39/h2-8,31H,9-11,30H2,1H3,(H,32,40)(H,33,41)(H,36,44)(H,42,43). The first kappa shape index (κ1) is 29.3. The number of benzene rings is 2. The lowest BCUT2D eigenvalue weighted by atomic mass is 10.1. The van der Waals surface area contributed by atoms with Gasteiger partial charge < -0.3 is 26.8 Å². The first-order chi connectivity index (χ1) is 20.9. The van der Waals surface area contributed by atoms with Crippen molar-refractivity contribution in [3.63, 3.8) is 0 Å². The molecular formula is C28H23FN8O7. The zero-order valence-electron chi connectivity index (χ0n) is 22.9. The van der Waals surface area contributed by atoms with Crippen LogP contribution in [0.1, 0.15) is 53.6 Å². The Morgan fingerprint density at radius 1 is 0.932 bits per heavy atom. The fraction of sp³-hybridized carbons (Fsp3) is 0.143. The SMILES string of the molecule is Cc1cc(CNC(=O)c2cc(C(=O)NCc3ccc(F)c(CNc4c(N)c(=O)c4=O)c3)nc3nc(=O)[nH]n23)ccc1C(=O)O. The second-order valence-corrected chi connectivity index (χ2v) is 9.74. The maximum Gasteiger partial charge on any atom is 0.363 e. The van der Waals surface area contributed by atoms with Gasteiger partial charge in [-0.25, -0.2) is 28.6 Å². The molecule has 0 unspecified atom stereocenters. The summed E-state index contributed by atoms with van der Waals surface area (Å²) in [6.07, 6.45) is 0. The summed E-state index contributed by atoms with van der Waals surface area (Å²) in [6.45, 7) is 1.42. The third-order valence-electron chi connectivity index (χ3n) is 6.75. The van der Waals surface area contributed by atoms with Gasteiger partial charge in [0, 0.05) is 31.3 Å². The highest BCUT2D eigenvalue weighted by atomic mass is 19.1. The van der Waals surface area contributed by atoms with Crippen molar-refractivity contribution in [2.24, 2.45) is 0 Å². The van der Waals surface area contributed by atoms with Gasteiger partial charge in [-0.1, -0.05) is 18.2 Å². The number of fused-ring (bicyclic) bond motifs is 1. The van der Waals surface area contributed by atoms with Gasteiger partial charge in [0.2, 0.25) is 0 Å². The highest BCUT2D eigenvalue weighted by Crippen LogP contribution is 2.16. The quantitative estimate of drug-likeness (QED) is 0.118. The molecule has 2 amide bonds. The van der Waals surface area contributed by atoms with Gasteiger partial charge in [0.25, 0.3) is 28.4 Å². The number of hydrogen-bond acceptors (Lipinski definition) is 10. The lowest BCUT2D eigenvalue weighted by molar-refractivity contribution is 0.0695. The maximum atomic E-state index is 14.4. The molecule has 0 saturated heterocycles. The van der Waals surface area contributed by atoms with E-state index in [1.807, 2.05) is 0 Å². The zero-order valence-corrected chi connectivity index (χ0v) is 22.9. The molecule has 44 heavy (non-hydrogen) atoms. The van der Waals surface area contributed by atoms with E-state index in [1.54, 1.807) is 19.1 Å². The number of amides is 2. The molecule has 3 aromatic carbocycles. The fourth-order valence-electron chi connectivity index (χ4n) is 4.44. The van der Waals surface area contributed by atoms with Crippen LogP contribution in [0.2, 0.25) is 0 Å². The van der Waals surface area contributed by atoms with Gasteiger partial charge in [-0.2, -0.15) is 4.98 Å². The molecule has 0 aliphatic carbocycles. The van der Waals surface area contributed by atoms with Crippen molar-refractivity contribution in [2.75, 3.05) is 11.1 Å². The Morgan fingerprint density at radius 3 is 2.30 bits per heavy atom. The highest BCUT2D eigenvalue weighted by molar-refractivity contribution is 5.98. The van der Waals surface area contributed by atoms with Crippen molar-refractivity contribution in [3.05, 3.63) is 118 Å². The Bertz CT molecular complexity index is 2110. The first-order valence-corrected chi connectivity index (χ1v) is 12.9. The molecule has 5 rings (SSSR count). The van der Waals surface area contributed by atoms with E-state index in [4.69, 9.17) is 5.73 Å². The van der Waals surface area contributed by atoms with Crippen LogP contribution in [0.25, 0.3) is 5.78 Å². The smallest absolute Gasteiger partial charge is 0.363 e. The van der Waals surface area contributed by atoms with Crippen LogP contribution in [0.3, 0.4) is 0 Å². The number of carbonyl (C=O) groups excluding carboxylic acids is 2. The Hall–Kier alpha value is -6.19. The summed E-state index contributed by atoms with van der Waals surface area (Å²) in [7, 11) is 0. The molecule has 7 N–H and O–H groups in total. The average molecular weight is 603 g/mol. The molecule has 2 aromatic heterocycles. The van der Waals surface area contributed by atoms with Gasteiger partial charge in [-0.05, 0) is 41.8 Å². The van der Waals surface area contributed by atoms with E-state index < -0.39 is 40.1 Å².